The molecule has 0 spiro atoms. The Hall–Kier alpha value is -2.89. The lowest BCUT2D eigenvalue weighted by Gasteiger charge is -2.36. The first kappa shape index (κ1) is 17.5. The van der Waals surface area contributed by atoms with Gasteiger partial charge in [0.2, 0.25) is 0 Å². The number of hydrogen-bond donors (Lipinski definition) is 1. The van der Waals surface area contributed by atoms with Crippen molar-refractivity contribution in [3.8, 4) is 11.5 Å². The van der Waals surface area contributed by atoms with Crippen LogP contribution in [0.4, 0.5) is 16.2 Å². The Morgan fingerprint density at radius 2 is 1.70 bits per heavy atom. The van der Waals surface area contributed by atoms with Gasteiger partial charge < -0.3 is 24.6 Å². The zero-order chi connectivity index (χ0) is 18.8. The first-order valence-corrected chi connectivity index (χ1v) is 9.38. The predicted molar refractivity (Wildman–Crippen MR) is 106 cm³/mol. The molecule has 0 aromatic heterocycles. The molecular formula is C21H25N3O3. The molecule has 142 valence electrons. The van der Waals surface area contributed by atoms with Gasteiger partial charge in [0.05, 0.1) is 0 Å². The molecule has 2 aromatic rings. The number of piperazine rings is 1. The van der Waals surface area contributed by atoms with Gasteiger partial charge >= 0.3 is 6.03 Å². The fraction of sp³-hybridized carbons (Fsp3) is 0.381. The van der Waals surface area contributed by atoms with E-state index in [1.807, 2.05) is 36.1 Å². The SMILES string of the molecule is Cc1cccc(NC(=O)N2CCN(c3ccc4c(c3)OCCO4)CC2)c1C. The van der Waals surface area contributed by atoms with Gasteiger partial charge in [0, 0.05) is 43.6 Å². The van der Waals surface area contributed by atoms with Gasteiger partial charge in [0.25, 0.3) is 0 Å². The van der Waals surface area contributed by atoms with E-state index in [2.05, 4.69) is 29.3 Å². The van der Waals surface area contributed by atoms with Crippen molar-refractivity contribution in [2.24, 2.45) is 0 Å². The van der Waals surface area contributed by atoms with Crippen LogP contribution >= 0.6 is 0 Å². The van der Waals surface area contributed by atoms with Crippen LogP contribution in [0.3, 0.4) is 0 Å². The van der Waals surface area contributed by atoms with Crippen LogP contribution in [-0.4, -0.2) is 50.3 Å². The zero-order valence-electron chi connectivity index (χ0n) is 15.8. The Bertz CT molecular complexity index is 845. The van der Waals surface area contributed by atoms with E-state index in [0.717, 1.165) is 41.5 Å². The molecule has 2 aliphatic rings. The summed E-state index contributed by atoms with van der Waals surface area (Å²) in [7, 11) is 0. The second-order valence-corrected chi connectivity index (χ2v) is 6.98. The number of urea groups is 1. The van der Waals surface area contributed by atoms with Crippen LogP contribution in [0.5, 0.6) is 11.5 Å². The van der Waals surface area contributed by atoms with Crippen LogP contribution in [0.15, 0.2) is 36.4 Å². The van der Waals surface area contributed by atoms with Crippen molar-refractivity contribution >= 4 is 17.4 Å². The third-order valence-corrected chi connectivity index (χ3v) is 5.30. The summed E-state index contributed by atoms with van der Waals surface area (Å²) >= 11 is 0. The van der Waals surface area contributed by atoms with Crippen molar-refractivity contribution in [2.75, 3.05) is 49.6 Å². The highest BCUT2D eigenvalue weighted by Gasteiger charge is 2.23. The van der Waals surface area contributed by atoms with E-state index in [1.165, 1.54) is 5.56 Å². The van der Waals surface area contributed by atoms with Gasteiger partial charge in [0.15, 0.2) is 11.5 Å². The molecule has 27 heavy (non-hydrogen) atoms. The van der Waals surface area contributed by atoms with E-state index < -0.39 is 0 Å². The molecule has 2 amide bonds. The van der Waals surface area contributed by atoms with Crippen LogP contribution in [-0.2, 0) is 0 Å². The molecule has 6 nitrogen and oxygen atoms in total. The maximum absolute atomic E-state index is 12.6. The van der Waals surface area contributed by atoms with Crippen LogP contribution in [0.25, 0.3) is 0 Å². The molecule has 1 saturated heterocycles. The summed E-state index contributed by atoms with van der Waals surface area (Å²) in [6.45, 7) is 8.22. The molecular weight excluding hydrogens is 342 g/mol. The van der Waals surface area contributed by atoms with Crippen molar-refractivity contribution in [3.05, 3.63) is 47.5 Å². The van der Waals surface area contributed by atoms with Crippen molar-refractivity contribution in [1.82, 2.24) is 4.90 Å². The van der Waals surface area contributed by atoms with E-state index >= 15 is 0 Å². The molecule has 0 unspecified atom stereocenters. The van der Waals surface area contributed by atoms with Crippen LogP contribution in [0, 0.1) is 13.8 Å². The molecule has 1 N–H and O–H groups in total. The number of rotatable bonds is 2. The number of carbonyl (C=O) groups excluding carboxylic acids is 1. The molecule has 0 aliphatic carbocycles. The zero-order valence-corrected chi connectivity index (χ0v) is 15.8. The van der Waals surface area contributed by atoms with Gasteiger partial charge in [0.1, 0.15) is 13.2 Å². The van der Waals surface area contributed by atoms with Crippen molar-refractivity contribution in [3.63, 3.8) is 0 Å². The molecule has 2 aliphatic heterocycles. The van der Waals surface area contributed by atoms with Crippen LogP contribution in [0.1, 0.15) is 11.1 Å². The Balaban J connectivity index is 1.37. The Labute approximate surface area is 159 Å². The molecule has 0 radical (unpaired) electrons. The third-order valence-electron chi connectivity index (χ3n) is 5.30. The molecule has 0 saturated carbocycles. The van der Waals surface area contributed by atoms with E-state index in [-0.39, 0.29) is 6.03 Å². The van der Waals surface area contributed by atoms with Gasteiger partial charge in [-0.3, -0.25) is 0 Å². The molecule has 2 aromatic carbocycles. The molecule has 4 rings (SSSR count). The predicted octanol–water partition coefficient (Wildman–Crippen LogP) is 3.43. The number of carbonyl (C=O) groups is 1. The lowest BCUT2D eigenvalue weighted by molar-refractivity contribution is 0.171. The lowest BCUT2D eigenvalue weighted by atomic mass is 10.1. The topological polar surface area (TPSA) is 54.0 Å². The quantitative estimate of drug-likeness (QED) is 0.884. The van der Waals surface area contributed by atoms with E-state index in [9.17, 15) is 4.79 Å². The summed E-state index contributed by atoms with van der Waals surface area (Å²) in [5.41, 5.74) is 4.28. The molecule has 6 heteroatoms. The highest BCUT2D eigenvalue weighted by atomic mass is 16.6. The summed E-state index contributed by atoms with van der Waals surface area (Å²) in [6, 6.07) is 12.0. The monoisotopic (exact) mass is 367 g/mol. The number of benzene rings is 2. The number of fused-ring (bicyclic) bond motifs is 1. The normalized spacial score (nSPS) is 16.2. The van der Waals surface area contributed by atoms with Crippen LogP contribution in [0.2, 0.25) is 0 Å². The number of hydrogen-bond acceptors (Lipinski definition) is 4. The summed E-state index contributed by atoms with van der Waals surface area (Å²) in [4.78, 5) is 16.8. The Morgan fingerprint density at radius 3 is 2.48 bits per heavy atom. The van der Waals surface area contributed by atoms with Gasteiger partial charge in [-0.1, -0.05) is 12.1 Å². The van der Waals surface area contributed by atoms with Crippen LogP contribution < -0.4 is 19.7 Å². The summed E-state index contributed by atoms with van der Waals surface area (Å²) in [5, 5.41) is 3.05. The lowest BCUT2D eigenvalue weighted by Crippen LogP contribution is -2.50. The fourth-order valence-corrected chi connectivity index (χ4v) is 3.48. The number of amides is 2. The summed E-state index contributed by atoms with van der Waals surface area (Å²) in [6.07, 6.45) is 0. The third kappa shape index (κ3) is 3.65. The Kier molecular flexibility index (Phi) is 4.79. The fourth-order valence-electron chi connectivity index (χ4n) is 3.48. The number of ether oxygens (including phenoxy) is 2. The number of aryl methyl sites for hydroxylation is 1. The van der Waals surface area contributed by atoms with Crippen molar-refractivity contribution in [2.45, 2.75) is 13.8 Å². The Morgan fingerprint density at radius 1 is 0.963 bits per heavy atom. The summed E-state index contributed by atoms with van der Waals surface area (Å²) < 4.78 is 11.3. The maximum atomic E-state index is 12.6. The molecule has 0 bridgehead atoms. The van der Waals surface area contributed by atoms with Gasteiger partial charge in [-0.25, -0.2) is 4.79 Å². The second kappa shape index (κ2) is 7.39. The second-order valence-electron chi connectivity index (χ2n) is 6.98. The highest BCUT2D eigenvalue weighted by molar-refractivity contribution is 5.90. The molecule has 1 fully saturated rings. The van der Waals surface area contributed by atoms with Crippen molar-refractivity contribution < 1.29 is 14.3 Å². The maximum Gasteiger partial charge on any atom is 0.321 e. The molecule has 0 atom stereocenters. The average Bonchev–Trinajstić information content (AvgIpc) is 2.71. The highest BCUT2D eigenvalue weighted by Crippen LogP contribution is 2.34. The standard InChI is InChI=1S/C21H25N3O3/c1-15-4-3-5-18(16(15)2)22-21(25)24-10-8-23(9-11-24)17-6-7-19-20(14-17)27-13-12-26-19/h3-7,14H,8-13H2,1-2H3,(H,22,25). The average molecular weight is 367 g/mol. The number of nitrogens with one attached hydrogen (secondary N) is 1. The minimum absolute atomic E-state index is 0.0366. The largest absolute Gasteiger partial charge is 0.486 e. The van der Waals surface area contributed by atoms with Crippen molar-refractivity contribution in [1.29, 1.82) is 0 Å². The number of anilines is 2. The first-order chi connectivity index (χ1) is 13.1. The molecule has 2 heterocycles. The van der Waals surface area contributed by atoms with E-state index in [0.29, 0.717) is 26.3 Å². The van der Waals surface area contributed by atoms with Gasteiger partial charge in [-0.15, -0.1) is 0 Å². The smallest absolute Gasteiger partial charge is 0.321 e. The minimum Gasteiger partial charge on any atom is -0.486 e. The first-order valence-electron chi connectivity index (χ1n) is 9.38. The summed E-state index contributed by atoms with van der Waals surface area (Å²) in [5.74, 6) is 1.60. The number of nitrogens with zero attached hydrogens (tertiary/aromatic N) is 2. The van der Waals surface area contributed by atoms with E-state index in [1.54, 1.807) is 0 Å². The van der Waals surface area contributed by atoms with E-state index in [4.69, 9.17) is 9.47 Å². The van der Waals surface area contributed by atoms with Gasteiger partial charge in [-0.2, -0.15) is 0 Å². The van der Waals surface area contributed by atoms with Gasteiger partial charge in [-0.05, 0) is 43.2 Å². The minimum atomic E-state index is -0.0366.